The first-order valence-corrected chi connectivity index (χ1v) is 10.1. The van der Waals surface area contributed by atoms with Gasteiger partial charge in [0.15, 0.2) is 4.80 Å². The van der Waals surface area contributed by atoms with Gasteiger partial charge >= 0.3 is 0 Å². The number of thiazole rings is 1. The summed E-state index contributed by atoms with van der Waals surface area (Å²) < 4.78 is 13.1. The van der Waals surface area contributed by atoms with Crippen molar-refractivity contribution in [3.05, 3.63) is 44.2 Å². The zero-order valence-electron chi connectivity index (χ0n) is 14.7. The van der Waals surface area contributed by atoms with E-state index in [0.29, 0.717) is 28.9 Å². The van der Waals surface area contributed by atoms with E-state index in [2.05, 4.69) is 9.56 Å². The fourth-order valence-electron chi connectivity index (χ4n) is 3.41. The number of methoxy groups -OCH3 is 1. The lowest BCUT2D eigenvalue weighted by atomic mass is 9.85. The molecule has 7 heteroatoms. The Hall–Kier alpha value is -1.63. The van der Waals surface area contributed by atoms with Crippen LogP contribution >= 0.6 is 22.9 Å². The van der Waals surface area contributed by atoms with E-state index in [4.69, 9.17) is 21.1 Å². The third-order valence-corrected chi connectivity index (χ3v) is 6.39. The van der Waals surface area contributed by atoms with E-state index in [1.807, 2.05) is 0 Å². The quantitative estimate of drug-likeness (QED) is 0.794. The molecule has 0 bridgehead atoms. The van der Waals surface area contributed by atoms with Gasteiger partial charge in [0.05, 0.1) is 30.8 Å². The van der Waals surface area contributed by atoms with Gasteiger partial charge in [0.1, 0.15) is 5.75 Å². The minimum atomic E-state index is -0.328. The first-order valence-electron chi connectivity index (χ1n) is 8.87. The van der Waals surface area contributed by atoms with Crippen molar-refractivity contribution >= 4 is 28.8 Å². The summed E-state index contributed by atoms with van der Waals surface area (Å²) >= 11 is 7.62. The van der Waals surface area contributed by atoms with Gasteiger partial charge < -0.3 is 14.0 Å². The molecule has 26 heavy (non-hydrogen) atoms. The highest BCUT2D eigenvalue weighted by Gasteiger charge is 2.24. The molecule has 4 rings (SSSR count). The molecule has 138 valence electrons. The summed E-state index contributed by atoms with van der Waals surface area (Å²) in [6.45, 7) is 2.27. The SMILES string of the molecule is COc1ccc(Cl)cc1C(=O)/N=c1\sc2c(n1CC1CCC1)CCOC2. The van der Waals surface area contributed by atoms with E-state index in [1.165, 1.54) is 36.9 Å². The fraction of sp³-hybridized carbons (Fsp3) is 0.474. The van der Waals surface area contributed by atoms with Gasteiger partial charge in [-0.05, 0) is 37.0 Å². The van der Waals surface area contributed by atoms with E-state index >= 15 is 0 Å². The number of nitrogens with zero attached hydrogens (tertiary/aromatic N) is 2. The molecule has 1 fully saturated rings. The second-order valence-corrected chi connectivity index (χ2v) is 8.22. The van der Waals surface area contributed by atoms with Gasteiger partial charge in [0.25, 0.3) is 5.91 Å². The lowest BCUT2D eigenvalue weighted by Crippen LogP contribution is -2.27. The maximum atomic E-state index is 12.8. The Bertz CT molecular complexity index is 899. The molecule has 0 radical (unpaired) electrons. The summed E-state index contributed by atoms with van der Waals surface area (Å²) in [6.07, 6.45) is 4.68. The summed E-state index contributed by atoms with van der Waals surface area (Å²) in [6, 6.07) is 5.01. The Labute approximate surface area is 161 Å². The summed E-state index contributed by atoms with van der Waals surface area (Å²) in [7, 11) is 1.54. The van der Waals surface area contributed by atoms with Crippen LogP contribution in [0, 0.1) is 5.92 Å². The van der Waals surface area contributed by atoms with Gasteiger partial charge in [0, 0.05) is 23.7 Å². The van der Waals surface area contributed by atoms with E-state index in [9.17, 15) is 4.79 Å². The van der Waals surface area contributed by atoms with Crippen molar-refractivity contribution in [3.8, 4) is 5.75 Å². The smallest absolute Gasteiger partial charge is 0.283 e. The standard InChI is InChI=1S/C19H21ClN2O3S/c1-24-16-6-5-13(20)9-14(16)18(23)21-19-22(10-12-3-2-4-12)15-7-8-25-11-17(15)26-19/h5-6,9,12H,2-4,7-8,10-11H2,1H3/b21-19-. The van der Waals surface area contributed by atoms with E-state index in [1.54, 1.807) is 29.5 Å². The highest BCUT2D eigenvalue weighted by Crippen LogP contribution is 2.30. The predicted octanol–water partition coefficient (Wildman–Crippen LogP) is 3.83. The number of aromatic nitrogens is 1. The molecule has 1 amide bonds. The highest BCUT2D eigenvalue weighted by molar-refractivity contribution is 7.09. The second-order valence-electron chi connectivity index (χ2n) is 6.73. The van der Waals surface area contributed by atoms with E-state index < -0.39 is 0 Å². The molecule has 1 saturated carbocycles. The van der Waals surface area contributed by atoms with Crippen molar-refractivity contribution in [2.45, 2.75) is 38.8 Å². The molecule has 1 aliphatic carbocycles. The number of benzene rings is 1. The Morgan fingerprint density at radius 2 is 2.31 bits per heavy atom. The van der Waals surface area contributed by atoms with Crippen molar-refractivity contribution in [3.63, 3.8) is 0 Å². The first kappa shape index (κ1) is 17.8. The average molecular weight is 393 g/mol. The van der Waals surface area contributed by atoms with Crippen LogP contribution in [0.1, 0.15) is 40.2 Å². The Balaban J connectivity index is 1.75. The third kappa shape index (κ3) is 3.46. The van der Waals surface area contributed by atoms with E-state index in [-0.39, 0.29) is 5.91 Å². The summed E-state index contributed by atoms with van der Waals surface area (Å²) in [4.78, 5) is 19.2. The number of halogens is 1. The van der Waals surface area contributed by atoms with Crippen LogP contribution in [0.15, 0.2) is 23.2 Å². The number of carbonyl (C=O) groups is 1. The van der Waals surface area contributed by atoms with Crippen molar-refractivity contribution in [1.29, 1.82) is 0 Å². The maximum absolute atomic E-state index is 12.8. The minimum absolute atomic E-state index is 0.328. The van der Waals surface area contributed by atoms with Crippen LogP contribution in [-0.4, -0.2) is 24.2 Å². The average Bonchev–Trinajstić information content (AvgIpc) is 2.95. The van der Waals surface area contributed by atoms with Gasteiger partial charge in [-0.3, -0.25) is 4.79 Å². The fourth-order valence-corrected chi connectivity index (χ4v) is 4.70. The molecule has 0 N–H and O–H groups in total. The topological polar surface area (TPSA) is 52.8 Å². The van der Waals surface area contributed by atoms with Crippen LogP contribution in [0.3, 0.4) is 0 Å². The van der Waals surface area contributed by atoms with Crippen LogP contribution in [0.2, 0.25) is 5.02 Å². The number of carbonyl (C=O) groups excluding carboxylic acids is 1. The molecular weight excluding hydrogens is 372 g/mol. The molecule has 2 aliphatic rings. The Morgan fingerprint density at radius 3 is 3.04 bits per heavy atom. The van der Waals surface area contributed by atoms with Crippen LogP contribution in [0.25, 0.3) is 0 Å². The molecule has 0 saturated heterocycles. The van der Waals surface area contributed by atoms with Gasteiger partial charge in [-0.1, -0.05) is 29.4 Å². The zero-order valence-corrected chi connectivity index (χ0v) is 16.2. The van der Waals surface area contributed by atoms with Gasteiger partial charge in [0.2, 0.25) is 0 Å². The van der Waals surface area contributed by atoms with Crippen molar-refractivity contribution in [2.24, 2.45) is 10.9 Å². The molecule has 0 unspecified atom stereocenters. The Kier molecular flexibility index (Phi) is 5.16. The number of hydrogen-bond donors (Lipinski definition) is 0. The largest absolute Gasteiger partial charge is 0.496 e. The Morgan fingerprint density at radius 1 is 1.46 bits per heavy atom. The van der Waals surface area contributed by atoms with Crippen LogP contribution < -0.4 is 9.54 Å². The lowest BCUT2D eigenvalue weighted by Gasteiger charge is -2.27. The van der Waals surface area contributed by atoms with Crippen LogP contribution in [-0.2, 0) is 24.3 Å². The van der Waals surface area contributed by atoms with Crippen LogP contribution in [0.5, 0.6) is 5.75 Å². The molecular formula is C19H21ClN2O3S. The monoisotopic (exact) mass is 392 g/mol. The molecule has 1 aliphatic heterocycles. The number of hydrogen-bond acceptors (Lipinski definition) is 4. The summed E-state index contributed by atoms with van der Waals surface area (Å²) in [5.41, 5.74) is 1.66. The van der Waals surface area contributed by atoms with Gasteiger partial charge in [-0.25, -0.2) is 0 Å². The second kappa shape index (κ2) is 7.55. The summed E-state index contributed by atoms with van der Waals surface area (Å²) in [5.74, 6) is 0.843. The van der Waals surface area contributed by atoms with Gasteiger partial charge in [-0.2, -0.15) is 4.99 Å². The first-order chi connectivity index (χ1) is 12.7. The molecule has 2 heterocycles. The lowest BCUT2D eigenvalue weighted by molar-refractivity contribution is 0.0994. The maximum Gasteiger partial charge on any atom is 0.283 e. The zero-order chi connectivity index (χ0) is 18.1. The molecule has 1 aromatic carbocycles. The van der Waals surface area contributed by atoms with Gasteiger partial charge in [-0.15, -0.1) is 0 Å². The van der Waals surface area contributed by atoms with Crippen LogP contribution in [0.4, 0.5) is 0 Å². The molecule has 2 aromatic rings. The van der Waals surface area contributed by atoms with E-state index in [0.717, 1.165) is 24.4 Å². The highest BCUT2D eigenvalue weighted by atomic mass is 35.5. The number of amides is 1. The third-order valence-electron chi connectivity index (χ3n) is 5.06. The summed E-state index contributed by atoms with van der Waals surface area (Å²) in [5, 5.41) is 0.491. The molecule has 5 nitrogen and oxygen atoms in total. The molecule has 0 spiro atoms. The molecule has 0 atom stereocenters. The van der Waals surface area contributed by atoms with Crippen molar-refractivity contribution in [2.75, 3.05) is 13.7 Å². The minimum Gasteiger partial charge on any atom is -0.496 e. The number of fused-ring (bicyclic) bond motifs is 1. The van der Waals surface area contributed by atoms with Crippen molar-refractivity contribution < 1.29 is 14.3 Å². The number of rotatable bonds is 4. The number of ether oxygens (including phenoxy) is 2. The van der Waals surface area contributed by atoms with Crippen molar-refractivity contribution in [1.82, 2.24) is 4.57 Å². The predicted molar refractivity (Wildman–Crippen MR) is 101 cm³/mol. The molecule has 1 aromatic heterocycles. The normalized spacial score (nSPS) is 17.7.